The number of rotatable bonds is 7. The molecule has 0 aromatic heterocycles. The van der Waals surface area contributed by atoms with E-state index in [1.54, 1.807) is 24.3 Å². The predicted octanol–water partition coefficient (Wildman–Crippen LogP) is 4.79. The lowest BCUT2D eigenvalue weighted by Crippen LogP contribution is -2.14. The largest absolute Gasteiger partial charge is 0.459 e. The van der Waals surface area contributed by atoms with Crippen molar-refractivity contribution in [2.24, 2.45) is 0 Å². The molecule has 0 heterocycles. The second-order valence-corrected chi connectivity index (χ2v) is 5.73. The van der Waals surface area contributed by atoms with E-state index in [4.69, 9.17) is 9.47 Å². The first kappa shape index (κ1) is 18.5. The Kier molecular flexibility index (Phi) is 6.52. The Hall–Kier alpha value is -2.88. The van der Waals surface area contributed by atoms with E-state index in [1.165, 1.54) is 0 Å². The van der Waals surface area contributed by atoms with Crippen LogP contribution >= 0.6 is 0 Å². The third-order valence-electron chi connectivity index (χ3n) is 3.70. The number of benzene rings is 2. The molecule has 0 fully saturated rings. The van der Waals surface area contributed by atoms with Gasteiger partial charge in [0.2, 0.25) is 0 Å². The normalized spacial score (nSPS) is 11.4. The molecule has 0 aliphatic heterocycles. The summed E-state index contributed by atoms with van der Waals surface area (Å²) in [6.45, 7) is 7.32. The summed E-state index contributed by atoms with van der Waals surface area (Å²) in [5, 5.41) is 0. The van der Waals surface area contributed by atoms with E-state index in [9.17, 15) is 9.59 Å². The highest BCUT2D eigenvalue weighted by atomic mass is 16.5. The van der Waals surface area contributed by atoms with Gasteiger partial charge in [-0.25, -0.2) is 9.59 Å². The molecule has 0 spiro atoms. The molecule has 1 atom stereocenters. The van der Waals surface area contributed by atoms with Gasteiger partial charge in [0.15, 0.2) is 0 Å². The van der Waals surface area contributed by atoms with Crippen LogP contribution in [0.25, 0.3) is 11.1 Å². The van der Waals surface area contributed by atoms with Gasteiger partial charge >= 0.3 is 11.9 Å². The van der Waals surface area contributed by atoms with Crippen LogP contribution in [-0.4, -0.2) is 18.0 Å². The van der Waals surface area contributed by atoms with Crippen LogP contribution < -0.4 is 4.74 Å². The molecular formula is C21H22O4. The molecule has 25 heavy (non-hydrogen) atoms. The Morgan fingerprint density at radius 1 is 1.04 bits per heavy atom. The summed E-state index contributed by atoms with van der Waals surface area (Å²) < 4.78 is 10.4. The minimum absolute atomic E-state index is 0.0806. The van der Waals surface area contributed by atoms with E-state index in [1.807, 2.05) is 31.2 Å². The molecular weight excluding hydrogens is 316 g/mol. The SMILES string of the molecule is C=CC(=O)Oc1ccc(-c2ccc(C(=O)OC(C)CCC)cc2)cc1. The summed E-state index contributed by atoms with van der Waals surface area (Å²) in [4.78, 5) is 23.2. The summed E-state index contributed by atoms with van der Waals surface area (Å²) in [5.41, 5.74) is 2.45. The van der Waals surface area contributed by atoms with Crippen molar-refractivity contribution in [3.63, 3.8) is 0 Å². The summed E-state index contributed by atoms with van der Waals surface area (Å²) in [6.07, 6.45) is 2.87. The molecule has 0 aliphatic carbocycles. The van der Waals surface area contributed by atoms with Gasteiger partial charge in [0.25, 0.3) is 0 Å². The van der Waals surface area contributed by atoms with E-state index in [0.29, 0.717) is 11.3 Å². The van der Waals surface area contributed by atoms with Crippen LogP contribution in [0.1, 0.15) is 37.0 Å². The van der Waals surface area contributed by atoms with Crippen molar-refractivity contribution in [2.45, 2.75) is 32.8 Å². The van der Waals surface area contributed by atoms with E-state index in [-0.39, 0.29) is 12.1 Å². The van der Waals surface area contributed by atoms with Crippen molar-refractivity contribution >= 4 is 11.9 Å². The van der Waals surface area contributed by atoms with Gasteiger partial charge in [-0.3, -0.25) is 0 Å². The maximum absolute atomic E-state index is 12.1. The van der Waals surface area contributed by atoms with Crippen LogP contribution in [-0.2, 0) is 9.53 Å². The molecule has 2 aromatic rings. The molecule has 130 valence electrons. The third-order valence-corrected chi connectivity index (χ3v) is 3.70. The highest BCUT2D eigenvalue weighted by Crippen LogP contribution is 2.23. The Morgan fingerprint density at radius 2 is 1.60 bits per heavy atom. The summed E-state index contributed by atoms with van der Waals surface area (Å²) in [5.74, 6) is -0.342. The van der Waals surface area contributed by atoms with Crippen molar-refractivity contribution in [1.29, 1.82) is 0 Å². The molecule has 4 heteroatoms. The van der Waals surface area contributed by atoms with Crippen LogP contribution in [0.3, 0.4) is 0 Å². The molecule has 0 amide bonds. The molecule has 0 saturated carbocycles. The van der Waals surface area contributed by atoms with Crippen molar-refractivity contribution < 1.29 is 19.1 Å². The molecule has 0 radical (unpaired) electrons. The van der Waals surface area contributed by atoms with Crippen molar-refractivity contribution in [3.8, 4) is 16.9 Å². The molecule has 0 saturated heterocycles. The first-order chi connectivity index (χ1) is 12.0. The average Bonchev–Trinajstić information content (AvgIpc) is 2.62. The minimum atomic E-state index is -0.493. The Morgan fingerprint density at radius 3 is 2.12 bits per heavy atom. The van der Waals surface area contributed by atoms with Crippen molar-refractivity contribution in [3.05, 3.63) is 66.7 Å². The molecule has 0 bridgehead atoms. The second-order valence-electron chi connectivity index (χ2n) is 5.73. The van der Waals surface area contributed by atoms with Crippen molar-refractivity contribution in [1.82, 2.24) is 0 Å². The topological polar surface area (TPSA) is 52.6 Å². The fourth-order valence-corrected chi connectivity index (χ4v) is 2.39. The van der Waals surface area contributed by atoms with Crippen molar-refractivity contribution in [2.75, 3.05) is 0 Å². The van der Waals surface area contributed by atoms with Gasteiger partial charge in [-0.15, -0.1) is 0 Å². The first-order valence-electron chi connectivity index (χ1n) is 8.29. The summed E-state index contributed by atoms with van der Waals surface area (Å²) in [7, 11) is 0. The highest BCUT2D eigenvalue weighted by molar-refractivity contribution is 5.90. The number of hydrogen-bond donors (Lipinski definition) is 0. The van der Waals surface area contributed by atoms with Crippen LogP contribution in [0.2, 0.25) is 0 Å². The van der Waals surface area contributed by atoms with Crippen LogP contribution in [0.15, 0.2) is 61.2 Å². The summed E-state index contributed by atoms with van der Waals surface area (Å²) in [6, 6.07) is 14.4. The van der Waals surface area contributed by atoms with E-state index >= 15 is 0 Å². The lowest BCUT2D eigenvalue weighted by molar-refractivity contribution is -0.128. The quantitative estimate of drug-likeness (QED) is 0.414. The molecule has 2 aromatic carbocycles. The first-order valence-corrected chi connectivity index (χ1v) is 8.29. The zero-order valence-electron chi connectivity index (χ0n) is 14.5. The lowest BCUT2D eigenvalue weighted by atomic mass is 10.0. The molecule has 0 N–H and O–H groups in total. The average molecular weight is 338 g/mol. The Bertz CT molecular complexity index is 729. The predicted molar refractivity (Wildman–Crippen MR) is 97.5 cm³/mol. The van der Waals surface area contributed by atoms with Crippen LogP contribution in [0.5, 0.6) is 5.75 Å². The highest BCUT2D eigenvalue weighted by Gasteiger charge is 2.11. The van der Waals surface area contributed by atoms with E-state index in [2.05, 4.69) is 13.5 Å². The number of hydrogen-bond acceptors (Lipinski definition) is 4. The van der Waals surface area contributed by atoms with Gasteiger partial charge in [0, 0.05) is 6.08 Å². The second kappa shape index (κ2) is 8.83. The molecule has 1 unspecified atom stereocenters. The van der Waals surface area contributed by atoms with Gasteiger partial charge in [-0.2, -0.15) is 0 Å². The Balaban J connectivity index is 2.05. The maximum atomic E-state index is 12.1. The smallest absolute Gasteiger partial charge is 0.338 e. The molecule has 4 nitrogen and oxygen atoms in total. The standard InChI is InChI=1S/C21H22O4/c1-4-6-15(3)24-21(23)18-9-7-16(8-10-18)17-11-13-19(14-12-17)25-20(22)5-2/h5,7-15H,2,4,6H2,1,3H3. The fourth-order valence-electron chi connectivity index (χ4n) is 2.39. The van der Waals surface area contributed by atoms with Crippen LogP contribution in [0, 0.1) is 0 Å². The molecule has 0 aliphatic rings. The monoisotopic (exact) mass is 338 g/mol. The zero-order chi connectivity index (χ0) is 18.2. The zero-order valence-corrected chi connectivity index (χ0v) is 14.5. The van der Waals surface area contributed by atoms with E-state index in [0.717, 1.165) is 30.0 Å². The van der Waals surface area contributed by atoms with Gasteiger partial charge in [-0.1, -0.05) is 44.2 Å². The Labute approximate surface area is 148 Å². The lowest BCUT2D eigenvalue weighted by Gasteiger charge is -2.12. The van der Waals surface area contributed by atoms with Gasteiger partial charge < -0.3 is 9.47 Å². The fraction of sp³-hybridized carbons (Fsp3) is 0.238. The van der Waals surface area contributed by atoms with Gasteiger partial charge in [0.1, 0.15) is 5.75 Å². The number of carbonyl (C=O) groups excluding carboxylic acids is 2. The van der Waals surface area contributed by atoms with Gasteiger partial charge in [-0.05, 0) is 48.7 Å². The number of ether oxygens (including phenoxy) is 2. The maximum Gasteiger partial charge on any atom is 0.338 e. The minimum Gasteiger partial charge on any atom is -0.459 e. The molecule has 2 rings (SSSR count). The van der Waals surface area contributed by atoms with E-state index < -0.39 is 5.97 Å². The number of carbonyl (C=O) groups is 2. The van der Waals surface area contributed by atoms with Gasteiger partial charge in [0.05, 0.1) is 11.7 Å². The van der Waals surface area contributed by atoms with Crippen LogP contribution in [0.4, 0.5) is 0 Å². The number of esters is 2. The summed E-state index contributed by atoms with van der Waals surface area (Å²) >= 11 is 0. The third kappa shape index (κ3) is 5.31.